The van der Waals surface area contributed by atoms with Gasteiger partial charge in [-0.05, 0) is 35.6 Å². The summed E-state index contributed by atoms with van der Waals surface area (Å²) in [4.78, 5) is 13.2. The van der Waals surface area contributed by atoms with E-state index in [-0.39, 0.29) is 11.9 Å². The average Bonchev–Trinajstić information content (AvgIpc) is 3.04. The molecule has 2 aromatic rings. The molecule has 1 N–H and O–H groups in total. The third-order valence-electron chi connectivity index (χ3n) is 3.47. The normalized spacial score (nSPS) is 11.8. The van der Waals surface area contributed by atoms with E-state index in [1.54, 1.807) is 25.6 Å². The number of rotatable bonds is 7. The molecule has 2 rings (SSSR count). The number of carbonyl (C=O) groups is 1. The molecule has 0 spiro atoms. The molecule has 1 aromatic heterocycles. The highest BCUT2D eigenvalue weighted by Gasteiger charge is 2.15. The lowest BCUT2D eigenvalue weighted by molar-refractivity contribution is -0.121. The Hall–Kier alpha value is -2.01. The molecule has 0 aliphatic rings. The summed E-state index contributed by atoms with van der Waals surface area (Å²) in [5, 5.41) is 5.06. The van der Waals surface area contributed by atoms with E-state index in [1.165, 1.54) is 0 Å². The molecule has 0 bridgehead atoms. The number of ether oxygens (including phenoxy) is 2. The first-order chi connectivity index (χ1) is 10.7. The first kappa shape index (κ1) is 16.4. The zero-order chi connectivity index (χ0) is 15.9. The van der Waals surface area contributed by atoms with E-state index in [0.29, 0.717) is 17.9 Å². The van der Waals surface area contributed by atoms with Crippen molar-refractivity contribution in [1.82, 2.24) is 5.32 Å². The summed E-state index contributed by atoms with van der Waals surface area (Å²) in [5.74, 6) is 1.39. The molecule has 1 atom stereocenters. The highest BCUT2D eigenvalue weighted by atomic mass is 32.1. The quantitative estimate of drug-likeness (QED) is 0.848. The smallest absolute Gasteiger partial charge is 0.225 e. The Labute approximate surface area is 135 Å². The predicted molar refractivity (Wildman–Crippen MR) is 88.7 cm³/mol. The lowest BCUT2D eigenvalue weighted by atomic mass is 10.0. The van der Waals surface area contributed by atoms with Crippen LogP contribution in [0.2, 0.25) is 0 Å². The van der Waals surface area contributed by atoms with Gasteiger partial charge in [-0.25, -0.2) is 0 Å². The molecular weight excluding hydrogens is 298 g/mol. The zero-order valence-corrected chi connectivity index (χ0v) is 13.9. The molecule has 118 valence electrons. The van der Waals surface area contributed by atoms with E-state index in [4.69, 9.17) is 9.47 Å². The van der Waals surface area contributed by atoms with Crippen LogP contribution in [-0.2, 0) is 11.2 Å². The number of hydrogen-bond acceptors (Lipinski definition) is 4. The third kappa shape index (κ3) is 4.01. The van der Waals surface area contributed by atoms with Crippen LogP contribution >= 0.6 is 11.3 Å². The van der Waals surface area contributed by atoms with Gasteiger partial charge in [0.2, 0.25) is 5.91 Å². The summed E-state index contributed by atoms with van der Waals surface area (Å²) in [7, 11) is 3.22. The Morgan fingerprint density at radius 1 is 1.23 bits per heavy atom. The number of benzene rings is 1. The fraction of sp³-hybridized carbons (Fsp3) is 0.353. The van der Waals surface area contributed by atoms with E-state index >= 15 is 0 Å². The first-order valence-corrected chi connectivity index (χ1v) is 8.09. The molecule has 0 unspecified atom stereocenters. The maximum atomic E-state index is 12.2. The molecule has 0 aliphatic carbocycles. The summed E-state index contributed by atoms with van der Waals surface area (Å²) in [6.45, 7) is 2.05. The molecule has 0 saturated heterocycles. The molecule has 5 heteroatoms. The number of carbonyl (C=O) groups excluding carboxylic acids is 1. The van der Waals surface area contributed by atoms with Crippen molar-refractivity contribution in [2.75, 3.05) is 14.2 Å². The van der Waals surface area contributed by atoms with Gasteiger partial charge in [-0.3, -0.25) is 4.79 Å². The number of amides is 1. The van der Waals surface area contributed by atoms with Gasteiger partial charge in [-0.1, -0.05) is 19.1 Å². The number of nitrogens with one attached hydrogen (secondary N) is 1. The molecule has 1 heterocycles. The van der Waals surface area contributed by atoms with Gasteiger partial charge in [0, 0.05) is 4.88 Å². The molecular formula is C17H21NO3S. The predicted octanol–water partition coefficient (Wildman–Crippen LogP) is 3.58. The second kappa shape index (κ2) is 7.84. The Balaban J connectivity index is 2.09. The minimum Gasteiger partial charge on any atom is -0.493 e. The Morgan fingerprint density at radius 3 is 2.59 bits per heavy atom. The van der Waals surface area contributed by atoms with Gasteiger partial charge < -0.3 is 14.8 Å². The van der Waals surface area contributed by atoms with Gasteiger partial charge in [0.15, 0.2) is 11.5 Å². The largest absolute Gasteiger partial charge is 0.493 e. The van der Waals surface area contributed by atoms with Crippen LogP contribution in [0.4, 0.5) is 0 Å². The molecule has 0 radical (unpaired) electrons. The van der Waals surface area contributed by atoms with Crippen LogP contribution in [0.15, 0.2) is 35.7 Å². The molecule has 22 heavy (non-hydrogen) atoms. The summed E-state index contributed by atoms with van der Waals surface area (Å²) in [6, 6.07) is 9.63. The average molecular weight is 319 g/mol. The van der Waals surface area contributed by atoms with Crippen molar-refractivity contribution in [3.8, 4) is 11.5 Å². The van der Waals surface area contributed by atoms with E-state index in [2.05, 4.69) is 5.32 Å². The Kier molecular flexibility index (Phi) is 5.83. The van der Waals surface area contributed by atoms with Crippen LogP contribution in [0.5, 0.6) is 11.5 Å². The standard InChI is InChI=1S/C17H21NO3S/c1-4-14(18-17(19)11-13-6-5-9-22-13)12-7-8-15(20-2)16(10-12)21-3/h5-10,14H,4,11H2,1-3H3,(H,18,19)/t14-/m1/s1. The summed E-state index contributed by atoms with van der Waals surface area (Å²) in [6.07, 6.45) is 1.23. The zero-order valence-electron chi connectivity index (χ0n) is 13.1. The van der Waals surface area contributed by atoms with Crippen molar-refractivity contribution in [1.29, 1.82) is 0 Å². The topological polar surface area (TPSA) is 47.6 Å². The summed E-state index contributed by atoms with van der Waals surface area (Å²) in [5.41, 5.74) is 1.01. The molecule has 0 saturated carbocycles. The third-order valence-corrected chi connectivity index (χ3v) is 4.34. The fourth-order valence-corrected chi connectivity index (χ4v) is 3.01. The van der Waals surface area contributed by atoms with Crippen LogP contribution < -0.4 is 14.8 Å². The second-order valence-electron chi connectivity index (χ2n) is 4.90. The minimum atomic E-state index is -0.0349. The van der Waals surface area contributed by atoms with E-state index < -0.39 is 0 Å². The fourth-order valence-electron chi connectivity index (χ4n) is 2.31. The molecule has 0 fully saturated rings. The summed E-state index contributed by atoms with van der Waals surface area (Å²) < 4.78 is 10.6. The van der Waals surface area contributed by atoms with Gasteiger partial charge in [0.25, 0.3) is 0 Å². The van der Waals surface area contributed by atoms with Gasteiger partial charge in [0.05, 0.1) is 26.7 Å². The highest BCUT2D eigenvalue weighted by molar-refractivity contribution is 7.10. The Bertz CT molecular complexity index is 610. The van der Waals surface area contributed by atoms with Gasteiger partial charge in [0.1, 0.15) is 0 Å². The summed E-state index contributed by atoms with van der Waals surface area (Å²) >= 11 is 1.60. The monoisotopic (exact) mass is 319 g/mol. The van der Waals surface area contributed by atoms with Crippen molar-refractivity contribution < 1.29 is 14.3 Å². The second-order valence-corrected chi connectivity index (χ2v) is 5.93. The van der Waals surface area contributed by atoms with Crippen LogP contribution in [0.1, 0.15) is 29.8 Å². The number of hydrogen-bond donors (Lipinski definition) is 1. The van der Waals surface area contributed by atoms with Crippen LogP contribution in [-0.4, -0.2) is 20.1 Å². The van der Waals surface area contributed by atoms with Crippen molar-refractivity contribution >= 4 is 17.2 Å². The highest BCUT2D eigenvalue weighted by Crippen LogP contribution is 2.30. The first-order valence-electron chi connectivity index (χ1n) is 7.21. The van der Waals surface area contributed by atoms with Crippen LogP contribution in [0.25, 0.3) is 0 Å². The number of thiophene rings is 1. The Morgan fingerprint density at radius 2 is 2.00 bits per heavy atom. The molecule has 1 amide bonds. The lowest BCUT2D eigenvalue weighted by Crippen LogP contribution is -2.29. The minimum absolute atomic E-state index is 0.0316. The van der Waals surface area contributed by atoms with Crippen molar-refractivity contribution in [3.05, 3.63) is 46.2 Å². The van der Waals surface area contributed by atoms with Crippen molar-refractivity contribution in [3.63, 3.8) is 0 Å². The van der Waals surface area contributed by atoms with Gasteiger partial charge >= 0.3 is 0 Å². The van der Waals surface area contributed by atoms with Crippen LogP contribution in [0.3, 0.4) is 0 Å². The van der Waals surface area contributed by atoms with Crippen molar-refractivity contribution in [2.45, 2.75) is 25.8 Å². The maximum absolute atomic E-state index is 12.2. The van der Waals surface area contributed by atoms with Crippen LogP contribution in [0, 0.1) is 0 Å². The van der Waals surface area contributed by atoms with Gasteiger partial charge in [-0.15, -0.1) is 11.3 Å². The van der Waals surface area contributed by atoms with E-state index in [9.17, 15) is 4.79 Å². The van der Waals surface area contributed by atoms with E-state index in [0.717, 1.165) is 16.9 Å². The number of methoxy groups -OCH3 is 2. The van der Waals surface area contributed by atoms with E-state index in [1.807, 2.05) is 42.6 Å². The molecule has 0 aliphatic heterocycles. The maximum Gasteiger partial charge on any atom is 0.225 e. The SMILES string of the molecule is CC[C@@H](NC(=O)Cc1cccs1)c1ccc(OC)c(OC)c1. The van der Waals surface area contributed by atoms with Gasteiger partial charge in [-0.2, -0.15) is 0 Å². The lowest BCUT2D eigenvalue weighted by Gasteiger charge is -2.19. The van der Waals surface area contributed by atoms with Crippen molar-refractivity contribution in [2.24, 2.45) is 0 Å². The molecule has 1 aromatic carbocycles. The molecule has 4 nitrogen and oxygen atoms in total.